The zero-order valence-corrected chi connectivity index (χ0v) is 16.6. The van der Waals surface area contributed by atoms with Gasteiger partial charge in [0.05, 0.1) is 7.11 Å². The van der Waals surface area contributed by atoms with Crippen molar-refractivity contribution in [2.75, 3.05) is 7.11 Å². The summed E-state index contributed by atoms with van der Waals surface area (Å²) < 4.78 is 11.6. The van der Waals surface area contributed by atoms with Crippen molar-refractivity contribution in [2.24, 2.45) is 0 Å². The lowest BCUT2D eigenvalue weighted by Gasteiger charge is -2.16. The largest absolute Gasteiger partial charge is 0.493 e. The molecule has 0 bridgehead atoms. The van der Waals surface area contributed by atoms with E-state index in [1.54, 1.807) is 7.11 Å². The average molecular weight is 384 g/mol. The third kappa shape index (κ3) is 6.02. The molecule has 0 aliphatic heterocycles. The van der Waals surface area contributed by atoms with Gasteiger partial charge < -0.3 is 14.8 Å². The average Bonchev–Trinajstić information content (AvgIpc) is 2.69. The van der Waals surface area contributed by atoms with Gasteiger partial charge >= 0.3 is 0 Å². The highest BCUT2D eigenvalue weighted by Crippen LogP contribution is 2.31. The topological polar surface area (TPSA) is 30.5 Å². The Kier molecular flexibility index (Phi) is 8.18. The number of aryl methyl sites for hydroxylation is 1. The van der Waals surface area contributed by atoms with E-state index in [0.29, 0.717) is 6.61 Å². The van der Waals surface area contributed by atoms with Crippen LogP contribution < -0.4 is 14.8 Å². The molecule has 27 heavy (non-hydrogen) atoms. The Balaban J connectivity index is 0.00000261. The highest BCUT2D eigenvalue weighted by atomic mass is 35.5. The first kappa shape index (κ1) is 20.8. The van der Waals surface area contributed by atoms with Gasteiger partial charge in [-0.1, -0.05) is 72.3 Å². The van der Waals surface area contributed by atoms with Crippen molar-refractivity contribution >= 4 is 12.4 Å². The van der Waals surface area contributed by atoms with Crippen LogP contribution in [0.3, 0.4) is 0 Å². The quantitative estimate of drug-likeness (QED) is 0.573. The molecule has 4 heteroatoms. The number of halogens is 1. The van der Waals surface area contributed by atoms with Gasteiger partial charge in [-0.25, -0.2) is 0 Å². The number of rotatable bonds is 8. The van der Waals surface area contributed by atoms with Gasteiger partial charge in [0.1, 0.15) is 6.61 Å². The van der Waals surface area contributed by atoms with E-state index in [1.807, 2.05) is 30.3 Å². The number of para-hydroxylation sites is 1. The van der Waals surface area contributed by atoms with Crippen molar-refractivity contribution < 1.29 is 9.47 Å². The molecule has 0 spiro atoms. The third-order valence-corrected chi connectivity index (χ3v) is 4.27. The Hall–Kier alpha value is -2.49. The molecular weight excluding hydrogens is 358 g/mol. The van der Waals surface area contributed by atoms with Gasteiger partial charge in [-0.05, 0) is 24.1 Å². The summed E-state index contributed by atoms with van der Waals surface area (Å²) in [5, 5.41) is 3.49. The molecule has 0 amide bonds. The van der Waals surface area contributed by atoms with E-state index in [-0.39, 0.29) is 12.4 Å². The van der Waals surface area contributed by atoms with Crippen LogP contribution in [0.4, 0.5) is 0 Å². The van der Waals surface area contributed by atoms with Crippen LogP contribution in [0.1, 0.15) is 22.3 Å². The number of benzene rings is 3. The first-order chi connectivity index (χ1) is 12.8. The number of nitrogens with one attached hydrogen (secondary N) is 1. The van der Waals surface area contributed by atoms with Gasteiger partial charge in [-0.15, -0.1) is 12.4 Å². The molecule has 3 nitrogen and oxygen atoms in total. The molecule has 142 valence electrons. The minimum absolute atomic E-state index is 0. The summed E-state index contributed by atoms with van der Waals surface area (Å²) in [5.74, 6) is 1.56. The first-order valence-electron chi connectivity index (χ1n) is 8.85. The van der Waals surface area contributed by atoms with E-state index >= 15 is 0 Å². The molecule has 0 atom stereocenters. The van der Waals surface area contributed by atoms with E-state index in [1.165, 1.54) is 11.1 Å². The lowest BCUT2D eigenvalue weighted by molar-refractivity contribution is 0.280. The zero-order chi connectivity index (χ0) is 18.2. The monoisotopic (exact) mass is 383 g/mol. The minimum atomic E-state index is 0. The Morgan fingerprint density at radius 2 is 1.52 bits per heavy atom. The molecule has 0 saturated heterocycles. The van der Waals surface area contributed by atoms with Crippen LogP contribution in [0.15, 0.2) is 72.8 Å². The fourth-order valence-corrected chi connectivity index (χ4v) is 2.80. The van der Waals surface area contributed by atoms with Crippen molar-refractivity contribution in [3.8, 4) is 11.5 Å². The molecule has 0 radical (unpaired) electrons. The van der Waals surface area contributed by atoms with Crippen molar-refractivity contribution in [1.29, 1.82) is 0 Å². The van der Waals surface area contributed by atoms with Gasteiger partial charge in [0, 0.05) is 18.7 Å². The van der Waals surface area contributed by atoms with Crippen LogP contribution in [0.2, 0.25) is 0 Å². The predicted molar refractivity (Wildman–Crippen MR) is 113 cm³/mol. The maximum atomic E-state index is 6.10. The highest BCUT2D eigenvalue weighted by molar-refractivity contribution is 5.85. The van der Waals surface area contributed by atoms with Crippen molar-refractivity contribution in [3.05, 3.63) is 95.1 Å². The maximum absolute atomic E-state index is 6.10. The van der Waals surface area contributed by atoms with Crippen molar-refractivity contribution in [1.82, 2.24) is 5.32 Å². The molecular formula is C23H26ClNO2. The van der Waals surface area contributed by atoms with Gasteiger partial charge in [0.15, 0.2) is 11.5 Å². The maximum Gasteiger partial charge on any atom is 0.166 e. The highest BCUT2D eigenvalue weighted by Gasteiger charge is 2.11. The van der Waals surface area contributed by atoms with E-state index in [0.717, 1.165) is 35.7 Å². The van der Waals surface area contributed by atoms with Gasteiger partial charge in [-0.2, -0.15) is 0 Å². The first-order valence-corrected chi connectivity index (χ1v) is 8.85. The SMILES string of the molecule is COc1cccc(CNCc2ccc(C)cc2)c1OCc1ccccc1.Cl. The summed E-state index contributed by atoms with van der Waals surface area (Å²) in [4.78, 5) is 0. The van der Waals surface area contributed by atoms with Crippen molar-refractivity contribution in [3.63, 3.8) is 0 Å². The van der Waals surface area contributed by atoms with Gasteiger partial charge in [-0.3, -0.25) is 0 Å². The van der Waals surface area contributed by atoms with Crippen LogP contribution in [-0.4, -0.2) is 7.11 Å². The lowest BCUT2D eigenvalue weighted by Crippen LogP contribution is -2.14. The summed E-state index contributed by atoms with van der Waals surface area (Å²) >= 11 is 0. The summed E-state index contributed by atoms with van der Waals surface area (Å²) in [6.07, 6.45) is 0. The third-order valence-electron chi connectivity index (χ3n) is 4.27. The summed E-state index contributed by atoms with van der Waals surface area (Å²) in [7, 11) is 1.67. The second kappa shape index (κ2) is 10.6. The summed E-state index contributed by atoms with van der Waals surface area (Å²) in [6.45, 7) is 4.15. The molecule has 0 aromatic heterocycles. The van der Waals surface area contributed by atoms with Crippen LogP contribution in [0.5, 0.6) is 11.5 Å². The van der Waals surface area contributed by atoms with E-state index in [9.17, 15) is 0 Å². The van der Waals surface area contributed by atoms with E-state index < -0.39 is 0 Å². The Morgan fingerprint density at radius 1 is 0.778 bits per heavy atom. The van der Waals surface area contributed by atoms with Gasteiger partial charge in [0.2, 0.25) is 0 Å². The number of hydrogen-bond acceptors (Lipinski definition) is 3. The Bertz CT molecular complexity index is 820. The molecule has 0 heterocycles. The molecule has 3 aromatic rings. The second-order valence-corrected chi connectivity index (χ2v) is 6.31. The number of ether oxygens (including phenoxy) is 2. The predicted octanol–water partition coefficient (Wildman–Crippen LogP) is 5.29. The fraction of sp³-hybridized carbons (Fsp3) is 0.217. The molecule has 3 aromatic carbocycles. The van der Waals surface area contributed by atoms with E-state index in [4.69, 9.17) is 9.47 Å². The molecule has 0 saturated carbocycles. The molecule has 0 unspecified atom stereocenters. The molecule has 0 aliphatic carbocycles. The summed E-state index contributed by atoms with van der Waals surface area (Å²) in [6, 6.07) is 24.7. The fourth-order valence-electron chi connectivity index (χ4n) is 2.80. The van der Waals surface area contributed by atoms with Crippen LogP contribution in [-0.2, 0) is 19.7 Å². The zero-order valence-electron chi connectivity index (χ0n) is 15.8. The van der Waals surface area contributed by atoms with Crippen molar-refractivity contribution in [2.45, 2.75) is 26.6 Å². The Morgan fingerprint density at radius 3 is 2.22 bits per heavy atom. The van der Waals surface area contributed by atoms with Gasteiger partial charge in [0.25, 0.3) is 0 Å². The molecule has 3 rings (SSSR count). The van der Waals surface area contributed by atoms with E-state index in [2.05, 4.69) is 54.7 Å². The van der Waals surface area contributed by atoms with Crippen LogP contribution in [0, 0.1) is 6.92 Å². The molecule has 0 fully saturated rings. The lowest BCUT2D eigenvalue weighted by atomic mass is 10.1. The van der Waals surface area contributed by atoms with Crippen LogP contribution >= 0.6 is 12.4 Å². The minimum Gasteiger partial charge on any atom is -0.493 e. The smallest absolute Gasteiger partial charge is 0.166 e. The standard InChI is InChI=1S/C23H25NO2.ClH/c1-18-11-13-19(14-12-18)15-24-16-21-9-6-10-22(25-2)23(21)26-17-20-7-4-3-5-8-20;/h3-14,24H,15-17H2,1-2H3;1H. The molecule has 0 aliphatic rings. The number of methoxy groups -OCH3 is 1. The normalized spacial score (nSPS) is 10.1. The van der Waals surface area contributed by atoms with Crippen LogP contribution in [0.25, 0.3) is 0 Å². The summed E-state index contributed by atoms with van der Waals surface area (Å²) in [5.41, 5.74) is 4.77. The molecule has 1 N–H and O–H groups in total. The Labute approximate surface area is 167 Å². The second-order valence-electron chi connectivity index (χ2n) is 6.31. The number of hydrogen-bond donors (Lipinski definition) is 1.